The number of nitrogens with zero attached hydrogens (tertiary/aromatic N) is 1. The van der Waals surface area contributed by atoms with Crippen LogP contribution < -0.4 is 0 Å². The number of hydrogen-bond acceptors (Lipinski definition) is 2. The third-order valence-electron chi connectivity index (χ3n) is 3.88. The van der Waals surface area contributed by atoms with E-state index in [1.54, 1.807) is 23.1 Å². The van der Waals surface area contributed by atoms with Gasteiger partial charge in [-0.3, -0.25) is 9.59 Å². The van der Waals surface area contributed by atoms with Crippen molar-refractivity contribution in [3.8, 4) is 0 Å². The minimum atomic E-state index is -0.244. The maximum absolute atomic E-state index is 12.9. The van der Waals surface area contributed by atoms with E-state index in [9.17, 15) is 9.59 Å². The number of allylic oxidation sites excluding steroid dienone is 2. The molecule has 1 aliphatic rings. The third-order valence-corrected chi connectivity index (χ3v) is 3.88. The SMILES string of the molecule is CC1=CC(=O)CC(c2ccccc2)N1C(=O)c1ccccc1. The highest BCUT2D eigenvalue weighted by molar-refractivity contribution is 5.99. The smallest absolute Gasteiger partial charge is 0.258 e. The monoisotopic (exact) mass is 291 g/mol. The molecule has 3 rings (SSSR count). The van der Waals surface area contributed by atoms with Gasteiger partial charge in [-0.15, -0.1) is 0 Å². The van der Waals surface area contributed by atoms with Crippen LogP contribution in [0.3, 0.4) is 0 Å². The lowest BCUT2D eigenvalue weighted by molar-refractivity contribution is -0.116. The fourth-order valence-corrected chi connectivity index (χ4v) is 2.85. The molecule has 0 spiro atoms. The Hall–Kier alpha value is -2.68. The van der Waals surface area contributed by atoms with Crippen LogP contribution in [0.2, 0.25) is 0 Å². The summed E-state index contributed by atoms with van der Waals surface area (Å²) >= 11 is 0. The second-order valence-corrected chi connectivity index (χ2v) is 5.42. The van der Waals surface area contributed by atoms with Crippen LogP contribution in [0.1, 0.15) is 35.3 Å². The molecule has 1 aliphatic heterocycles. The molecule has 22 heavy (non-hydrogen) atoms. The number of hydrogen-bond donors (Lipinski definition) is 0. The van der Waals surface area contributed by atoms with Crippen molar-refractivity contribution in [2.45, 2.75) is 19.4 Å². The zero-order chi connectivity index (χ0) is 15.5. The van der Waals surface area contributed by atoms with Crippen molar-refractivity contribution >= 4 is 11.7 Å². The number of ketones is 1. The molecule has 1 amide bonds. The van der Waals surface area contributed by atoms with Gasteiger partial charge in [0.25, 0.3) is 5.91 Å². The molecule has 110 valence electrons. The van der Waals surface area contributed by atoms with Crippen LogP contribution in [0.4, 0.5) is 0 Å². The molecule has 0 aromatic heterocycles. The molecule has 2 aromatic carbocycles. The van der Waals surface area contributed by atoms with E-state index in [1.807, 2.05) is 55.5 Å². The van der Waals surface area contributed by atoms with Crippen LogP contribution in [0, 0.1) is 0 Å². The Labute approximate surface area is 129 Å². The second-order valence-electron chi connectivity index (χ2n) is 5.42. The summed E-state index contributed by atoms with van der Waals surface area (Å²) in [5.74, 6) is -0.0147. The number of benzene rings is 2. The average Bonchev–Trinajstić information content (AvgIpc) is 2.55. The van der Waals surface area contributed by atoms with E-state index in [1.165, 1.54) is 0 Å². The van der Waals surface area contributed by atoms with Crippen LogP contribution in [0.25, 0.3) is 0 Å². The maximum Gasteiger partial charge on any atom is 0.258 e. The lowest BCUT2D eigenvalue weighted by Gasteiger charge is -2.35. The second kappa shape index (κ2) is 5.98. The number of rotatable bonds is 2. The van der Waals surface area contributed by atoms with Gasteiger partial charge in [0.05, 0.1) is 6.04 Å². The van der Waals surface area contributed by atoms with Crippen LogP contribution in [0.15, 0.2) is 72.4 Å². The van der Waals surface area contributed by atoms with Gasteiger partial charge in [-0.1, -0.05) is 48.5 Å². The largest absolute Gasteiger partial charge is 0.304 e. The minimum absolute atomic E-state index is 0.0588. The Balaban J connectivity index is 2.03. The predicted molar refractivity (Wildman–Crippen MR) is 85.2 cm³/mol. The van der Waals surface area contributed by atoms with E-state index in [0.29, 0.717) is 17.7 Å². The fourth-order valence-electron chi connectivity index (χ4n) is 2.85. The van der Waals surface area contributed by atoms with Crippen molar-refractivity contribution in [3.63, 3.8) is 0 Å². The summed E-state index contributed by atoms with van der Waals surface area (Å²) in [5, 5.41) is 0. The Bertz CT molecular complexity index is 720. The van der Waals surface area contributed by atoms with Crippen molar-refractivity contribution < 1.29 is 9.59 Å². The standard InChI is InChI=1S/C19H17NO2/c1-14-12-17(21)13-18(15-8-4-2-5-9-15)20(14)19(22)16-10-6-3-7-11-16/h2-12,18H,13H2,1H3. The van der Waals surface area contributed by atoms with Crippen LogP contribution in [-0.4, -0.2) is 16.6 Å². The molecule has 0 N–H and O–H groups in total. The Kier molecular flexibility index (Phi) is 3.88. The molecule has 2 aromatic rings. The Morgan fingerprint density at radius 3 is 2.23 bits per heavy atom. The summed E-state index contributed by atoms with van der Waals surface area (Å²) < 4.78 is 0. The van der Waals surface area contributed by atoms with Crippen molar-refractivity contribution in [3.05, 3.63) is 83.6 Å². The topological polar surface area (TPSA) is 37.4 Å². The van der Waals surface area contributed by atoms with Gasteiger partial charge >= 0.3 is 0 Å². The zero-order valence-corrected chi connectivity index (χ0v) is 12.4. The van der Waals surface area contributed by atoms with Crippen molar-refractivity contribution in [2.24, 2.45) is 0 Å². The van der Waals surface area contributed by atoms with Gasteiger partial charge in [0, 0.05) is 23.8 Å². The molecule has 3 nitrogen and oxygen atoms in total. The number of carbonyl (C=O) groups excluding carboxylic acids is 2. The highest BCUT2D eigenvalue weighted by Crippen LogP contribution is 2.33. The third kappa shape index (κ3) is 2.70. The van der Waals surface area contributed by atoms with Crippen molar-refractivity contribution in [1.82, 2.24) is 4.90 Å². The van der Waals surface area contributed by atoms with Gasteiger partial charge in [-0.2, -0.15) is 0 Å². The highest BCUT2D eigenvalue weighted by atomic mass is 16.2. The fraction of sp³-hybridized carbons (Fsp3) is 0.158. The predicted octanol–water partition coefficient (Wildman–Crippen LogP) is 3.75. The molecule has 0 radical (unpaired) electrons. The van der Waals surface area contributed by atoms with Gasteiger partial charge in [0.2, 0.25) is 0 Å². The lowest BCUT2D eigenvalue weighted by atomic mass is 9.94. The quantitative estimate of drug-likeness (QED) is 0.845. The normalized spacial score (nSPS) is 18.0. The number of amides is 1. The maximum atomic E-state index is 12.9. The van der Waals surface area contributed by atoms with Gasteiger partial charge in [0.1, 0.15) is 0 Å². The van der Waals surface area contributed by atoms with Gasteiger partial charge in [0.15, 0.2) is 5.78 Å². The molecular formula is C19H17NO2. The van der Waals surface area contributed by atoms with E-state index in [-0.39, 0.29) is 17.7 Å². The summed E-state index contributed by atoms with van der Waals surface area (Å²) in [5.41, 5.74) is 2.30. The molecule has 1 atom stereocenters. The molecule has 3 heteroatoms. The Morgan fingerprint density at radius 2 is 1.59 bits per heavy atom. The zero-order valence-electron chi connectivity index (χ0n) is 12.4. The van der Waals surface area contributed by atoms with Gasteiger partial charge in [-0.25, -0.2) is 0 Å². The summed E-state index contributed by atoms with van der Waals surface area (Å²) in [6.07, 6.45) is 1.88. The van der Waals surface area contributed by atoms with E-state index < -0.39 is 0 Å². The summed E-state index contributed by atoms with van der Waals surface area (Å²) in [6, 6.07) is 18.6. The Morgan fingerprint density at radius 1 is 1.00 bits per heavy atom. The number of carbonyl (C=O) groups is 2. The lowest BCUT2D eigenvalue weighted by Crippen LogP contribution is -2.37. The van der Waals surface area contributed by atoms with Crippen molar-refractivity contribution in [1.29, 1.82) is 0 Å². The molecule has 0 saturated carbocycles. The van der Waals surface area contributed by atoms with E-state index >= 15 is 0 Å². The van der Waals surface area contributed by atoms with E-state index in [4.69, 9.17) is 0 Å². The van der Waals surface area contributed by atoms with E-state index in [0.717, 1.165) is 5.56 Å². The molecule has 0 fully saturated rings. The van der Waals surface area contributed by atoms with Crippen molar-refractivity contribution in [2.75, 3.05) is 0 Å². The molecule has 0 saturated heterocycles. The first-order chi connectivity index (χ1) is 10.7. The highest BCUT2D eigenvalue weighted by Gasteiger charge is 2.32. The van der Waals surface area contributed by atoms with E-state index in [2.05, 4.69) is 0 Å². The molecule has 0 bridgehead atoms. The first kappa shape index (κ1) is 14.3. The first-order valence-corrected chi connectivity index (χ1v) is 7.31. The minimum Gasteiger partial charge on any atom is -0.304 e. The molecule has 1 unspecified atom stereocenters. The summed E-state index contributed by atoms with van der Waals surface area (Å²) in [4.78, 5) is 26.6. The molecular weight excluding hydrogens is 274 g/mol. The molecule has 1 heterocycles. The van der Waals surface area contributed by atoms with Crippen LogP contribution >= 0.6 is 0 Å². The van der Waals surface area contributed by atoms with Crippen LogP contribution in [0.5, 0.6) is 0 Å². The summed E-state index contributed by atoms with van der Waals surface area (Å²) in [7, 11) is 0. The van der Waals surface area contributed by atoms with Gasteiger partial charge in [-0.05, 0) is 24.6 Å². The average molecular weight is 291 g/mol. The first-order valence-electron chi connectivity index (χ1n) is 7.31. The van der Waals surface area contributed by atoms with Crippen LogP contribution in [-0.2, 0) is 4.79 Å². The molecule has 0 aliphatic carbocycles. The van der Waals surface area contributed by atoms with Gasteiger partial charge < -0.3 is 4.90 Å². The summed E-state index contributed by atoms with van der Waals surface area (Å²) in [6.45, 7) is 1.81.